The first kappa shape index (κ1) is 11.3. The van der Waals surface area contributed by atoms with Crippen LogP contribution in [-0.2, 0) is 6.42 Å². The molecule has 0 amide bonds. The van der Waals surface area contributed by atoms with Crippen LogP contribution in [0.1, 0.15) is 17.5 Å². The lowest BCUT2D eigenvalue weighted by Gasteiger charge is -2.00. The fourth-order valence-electron chi connectivity index (χ4n) is 2.16. The maximum atomic E-state index is 6.23. The lowest BCUT2D eigenvalue weighted by atomic mass is 10.3. The molecule has 0 atom stereocenters. The number of thiophene rings is 1. The van der Waals surface area contributed by atoms with Crippen molar-refractivity contribution in [2.24, 2.45) is 0 Å². The van der Waals surface area contributed by atoms with E-state index in [2.05, 4.69) is 24.0 Å². The van der Waals surface area contributed by atoms with Crippen molar-refractivity contribution in [1.29, 1.82) is 0 Å². The predicted molar refractivity (Wildman–Crippen MR) is 77.0 cm³/mol. The Morgan fingerprint density at radius 2 is 2.11 bits per heavy atom. The number of anilines is 1. The van der Waals surface area contributed by atoms with Gasteiger partial charge in [-0.3, -0.25) is 4.40 Å². The van der Waals surface area contributed by atoms with E-state index in [1.165, 1.54) is 4.88 Å². The lowest BCUT2D eigenvalue weighted by Crippen LogP contribution is -1.96. The molecule has 3 heterocycles. The molecule has 0 unspecified atom stereocenters. The van der Waals surface area contributed by atoms with Crippen molar-refractivity contribution >= 4 is 22.8 Å². The van der Waals surface area contributed by atoms with Gasteiger partial charge < -0.3 is 5.73 Å². The molecule has 0 fully saturated rings. The van der Waals surface area contributed by atoms with Crippen LogP contribution in [0.2, 0.25) is 0 Å². The largest absolute Gasteiger partial charge is 0.383 e. The number of imidazole rings is 1. The molecule has 0 radical (unpaired) electrons. The standard InChI is InChI=1S/C14H15N3S/c1-3-10-7-8-11(18-10)13-14(15)17-9(2)5-4-6-12(17)16-13/h4-8H,3,15H2,1-2H3. The molecule has 0 saturated heterocycles. The number of hydrogen-bond donors (Lipinski definition) is 1. The number of nitrogens with zero attached hydrogens (tertiary/aromatic N) is 2. The van der Waals surface area contributed by atoms with Crippen LogP contribution < -0.4 is 5.73 Å². The van der Waals surface area contributed by atoms with Crippen molar-refractivity contribution in [2.45, 2.75) is 20.3 Å². The first-order valence-electron chi connectivity index (χ1n) is 6.03. The summed E-state index contributed by atoms with van der Waals surface area (Å²) in [7, 11) is 0. The van der Waals surface area contributed by atoms with E-state index in [9.17, 15) is 0 Å². The smallest absolute Gasteiger partial charge is 0.139 e. The highest BCUT2D eigenvalue weighted by atomic mass is 32.1. The summed E-state index contributed by atoms with van der Waals surface area (Å²) >= 11 is 1.77. The van der Waals surface area contributed by atoms with Crippen LogP contribution in [0.5, 0.6) is 0 Å². The Morgan fingerprint density at radius 1 is 1.28 bits per heavy atom. The van der Waals surface area contributed by atoms with E-state index in [-0.39, 0.29) is 0 Å². The molecule has 3 aromatic heterocycles. The number of nitrogen functional groups attached to an aromatic ring is 1. The van der Waals surface area contributed by atoms with E-state index in [4.69, 9.17) is 5.73 Å². The minimum Gasteiger partial charge on any atom is -0.383 e. The summed E-state index contributed by atoms with van der Waals surface area (Å²) in [6.07, 6.45) is 1.05. The van der Waals surface area contributed by atoms with Gasteiger partial charge in [-0.25, -0.2) is 4.98 Å². The Hall–Kier alpha value is -1.81. The number of aryl methyl sites for hydroxylation is 2. The summed E-state index contributed by atoms with van der Waals surface area (Å²) in [5.74, 6) is 0.729. The number of rotatable bonds is 2. The summed E-state index contributed by atoms with van der Waals surface area (Å²) in [5.41, 5.74) is 9.15. The minimum absolute atomic E-state index is 0.729. The molecule has 3 aromatic rings. The van der Waals surface area contributed by atoms with Gasteiger partial charge in [0, 0.05) is 10.6 Å². The molecule has 0 aliphatic rings. The zero-order valence-corrected chi connectivity index (χ0v) is 11.3. The average molecular weight is 257 g/mol. The third kappa shape index (κ3) is 1.61. The zero-order chi connectivity index (χ0) is 12.7. The Morgan fingerprint density at radius 3 is 2.78 bits per heavy atom. The SMILES string of the molecule is CCc1ccc(-c2nc3cccc(C)n3c2N)s1. The van der Waals surface area contributed by atoms with Gasteiger partial charge in [-0.05, 0) is 37.6 Å². The molecule has 4 heteroatoms. The van der Waals surface area contributed by atoms with Crippen molar-refractivity contribution in [2.75, 3.05) is 5.73 Å². The summed E-state index contributed by atoms with van der Waals surface area (Å²) < 4.78 is 2.00. The van der Waals surface area contributed by atoms with Gasteiger partial charge in [0.05, 0.1) is 4.88 Å². The van der Waals surface area contributed by atoms with Gasteiger partial charge in [0.25, 0.3) is 0 Å². The van der Waals surface area contributed by atoms with Crippen molar-refractivity contribution in [1.82, 2.24) is 9.38 Å². The first-order chi connectivity index (χ1) is 8.70. The van der Waals surface area contributed by atoms with Crippen molar-refractivity contribution in [3.63, 3.8) is 0 Å². The van der Waals surface area contributed by atoms with Gasteiger partial charge in [0.2, 0.25) is 0 Å². The van der Waals surface area contributed by atoms with Crippen LogP contribution >= 0.6 is 11.3 Å². The van der Waals surface area contributed by atoms with Gasteiger partial charge in [0.1, 0.15) is 17.2 Å². The first-order valence-corrected chi connectivity index (χ1v) is 6.85. The highest BCUT2D eigenvalue weighted by Gasteiger charge is 2.13. The molecule has 0 aromatic carbocycles. The van der Waals surface area contributed by atoms with Crippen LogP contribution in [-0.4, -0.2) is 9.38 Å². The van der Waals surface area contributed by atoms with E-state index >= 15 is 0 Å². The highest BCUT2D eigenvalue weighted by Crippen LogP contribution is 2.32. The molecule has 2 N–H and O–H groups in total. The maximum Gasteiger partial charge on any atom is 0.139 e. The van der Waals surface area contributed by atoms with Crippen molar-refractivity contribution in [3.8, 4) is 10.6 Å². The normalized spacial score (nSPS) is 11.2. The average Bonchev–Trinajstić information content (AvgIpc) is 2.94. The Bertz CT molecular complexity index is 709. The van der Waals surface area contributed by atoms with Gasteiger partial charge >= 0.3 is 0 Å². The second-order valence-corrected chi connectivity index (χ2v) is 5.49. The third-order valence-electron chi connectivity index (χ3n) is 3.12. The van der Waals surface area contributed by atoms with Gasteiger partial charge in [-0.2, -0.15) is 0 Å². The van der Waals surface area contributed by atoms with Crippen LogP contribution in [0, 0.1) is 6.92 Å². The molecule has 3 nitrogen and oxygen atoms in total. The Kier molecular flexibility index (Phi) is 2.59. The van der Waals surface area contributed by atoms with Gasteiger partial charge in [0.15, 0.2) is 0 Å². The third-order valence-corrected chi connectivity index (χ3v) is 4.35. The van der Waals surface area contributed by atoms with Crippen LogP contribution in [0.15, 0.2) is 30.3 Å². The number of nitrogens with two attached hydrogens (primary N) is 1. The molecule has 0 aliphatic heterocycles. The van der Waals surface area contributed by atoms with Gasteiger partial charge in [-0.1, -0.05) is 13.0 Å². The minimum atomic E-state index is 0.729. The van der Waals surface area contributed by atoms with E-state index in [0.29, 0.717) is 0 Å². The van der Waals surface area contributed by atoms with Crippen LogP contribution in [0.4, 0.5) is 5.82 Å². The second kappa shape index (κ2) is 4.14. The maximum absolute atomic E-state index is 6.23. The van der Waals surface area contributed by atoms with Crippen molar-refractivity contribution in [3.05, 3.63) is 40.9 Å². The van der Waals surface area contributed by atoms with E-state index < -0.39 is 0 Å². The Balaban J connectivity index is 2.23. The fourth-order valence-corrected chi connectivity index (χ4v) is 3.10. The molecular weight excluding hydrogens is 242 g/mol. The number of fused-ring (bicyclic) bond motifs is 1. The second-order valence-electron chi connectivity index (χ2n) is 4.33. The molecular formula is C14H15N3S. The van der Waals surface area contributed by atoms with E-state index in [0.717, 1.165) is 34.2 Å². The quantitative estimate of drug-likeness (QED) is 0.763. The topological polar surface area (TPSA) is 43.3 Å². The predicted octanol–water partition coefficient (Wildman–Crippen LogP) is 3.52. The molecule has 0 spiro atoms. The molecule has 0 aliphatic carbocycles. The number of aromatic nitrogens is 2. The van der Waals surface area contributed by atoms with Crippen LogP contribution in [0.3, 0.4) is 0 Å². The molecule has 0 bridgehead atoms. The lowest BCUT2D eigenvalue weighted by molar-refractivity contribution is 1.10. The highest BCUT2D eigenvalue weighted by molar-refractivity contribution is 7.15. The van der Waals surface area contributed by atoms with E-state index in [1.807, 2.05) is 29.5 Å². The summed E-state index contributed by atoms with van der Waals surface area (Å²) in [5, 5.41) is 0. The molecule has 3 rings (SSSR count). The monoisotopic (exact) mass is 257 g/mol. The number of hydrogen-bond acceptors (Lipinski definition) is 3. The summed E-state index contributed by atoms with van der Waals surface area (Å²) in [6, 6.07) is 10.3. The number of pyridine rings is 1. The summed E-state index contributed by atoms with van der Waals surface area (Å²) in [6.45, 7) is 4.20. The van der Waals surface area contributed by atoms with Crippen molar-refractivity contribution < 1.29 is 0 Å². The summed E-state index contributed by atoms with van der Waals surface area (Å²) in [4.78, 5) is 7.14. The van der Waals surface area contributed by atoms with Crippen LogP contribution in [0.25, 0.3) is 16.2 Å². The Labute approximate surface area is 110 Å². The van der Waals surface area contributed by atoms with E-state index in [1.54, 1.807) is 11.3 Å². The molecule has 92 valence electrons. The molecule has 0 saturated carbocycles. The van der Waals surface area contributed by atoms with Gasteiger partial charge in [-0.15, -0.1) is 11.3 Å². The fraction of sp³-hybridized carbons (Fsp3) is 0.214. The zero-order valence-electron chi connectivity index (χ0n) is 10.5. The molecule has 18 heavy (non-hydrogen) atoms.